The first-order valence-corrected chi connectivity index (χ1v) is 11.4. The Balaban J connectivity index is 1.19. The van der Waals surface area contributed by atoms with Crippen LogP contribution >= 0.6 is 11.3 Å². The van der Waals surface area contributed by atoms with Gasteiger partial charge in [-0.05, 0) is 43.2 Å². The lowest BCUT2D eigenvalue weighted by Crippen LogP contribution is -2.29. The summed E-state index contributed by atoms with van der Waals surface area (Å²) in [7, 11) is 0. The summed E-state index contributed by atoms with van der Waals surface area (Å²) in [5.74, 6) is 1.48. The molecular weight excluding hydrogens is 436 g/mol. The van der Waals surface area contributed by atoms with E-state index in [4.69, 9.17) is 14.7 Å². The fourth-order valence-electron chi connectivity index (χ4n) is 3.77. The van der Waals surface area contributed by atoms with Gasteiger partial charge in [-0.1, -0.05) is 29.5 Å². The van der Waals surface area contributed by atoms with Gasteiger partial charge in [-0.25, -0.2) is 15.0 Å². The van der Waals surface area contributed by atoms with Crippen molar-refractivity contribution in [1.82, 2.24) is 19.4 Å². The molecule has 4 heterocycles. The number of aromatic nitrogens is 4. The molecule has 0 spiro atoms. The van der Waals surface area contributed by atoms with Gasteiger partial charge in [0.25, 0.3) is 0 Å². The van der Waals surface area contributed by atoms with Crippen LogP contribution in [0.15, 0.2) is 67.0 Å². The third-order valence-corrected chi connectivity index (χ3v) is 6.71. The first kappa shape index (κ1) is 19.7. The van der Waals surface area contributed by atoms with Crippen molar-refractivity contribution in [3.05, 3.63) is 67.0 Å². The van der Waals surface area contributed by atoms with E-state index in [1.807, 2.05) is 60.8 Å². The number of pyridine rings is 2. The van der Waals surface area contributed by atoms with Gasteiger partial charge in [0.2, 0.25) is 12.3 Å². The van der Waals surface area contributed by atoms with Crippen LogP contribution in [0, 0.1) is 0 Å². The molecule has 6 rings (SSSR count). The van der Waals surface area contributed by atoms with Crippen molar-refractivity contribution in [1.29, 1.82) is 0 Å². The van der Waals surface area contributed by atoms with Gasteiger partial charge in [-0.15, -0.1) is 0 Å². The highest BCUT2D eigenvalue weighted by molar-refractivity contribution is 7.23. The number of rotatable bonds is 8. The third-order valence-electron chi connectivity index (χ3n) is 5.75. The zero-order chi connectivity index (χ0) is 22.3. The van der Waals surface area contributed by atoms with Crippen LogP contribution in [0.2, 0.25) is 0 Å². The zero-order valence-corrected chi connectivity index (χ0v) is 18.4. The maximum atomic E-state index is 10.6. The topological polar surface area (TPSA) is 93.4 Å². The SMILES string of the molecule is O=CNc1ccc(-c2cn3c(n2)sc2nc(OCC4(Nc5ccccn5)CC4)ccc23)cc1. The molecule has 0 aliphatic heterocycles. The van der Waals surface area contributed by atoms with Crippen LogP contribution < -0.4 is 15.4 Å². The number of imidazole rings is 1. The second-order valence-corrected chi connectivity index (χ2v) is 9.06. The molecule has 1 aromatic carbocycles. The molecule has 1 amide bonds. The van der Waals surface area contributed by atoms with Crippen molar-refractivity contribution < 1.29 is 9.53 Å². The van der Waals surface area contributed by atoms with Gasteiger partial charge in [-0.2, -0.15) is 0 Å². The largest absolute Gasteiger partial charge is 0.475 e. The van der Waals surface area contributed by atoms with Crippen molar-refractivity contribution >= 4 is 44.6 Å². The summed E-state index contributed by atoms with van der Waals surface area (Å²) in [6, 6.07) is 17.4. The van der Waals surface area contributed by atoms with Crippen molar-refractivity contribution in [2.24, 2.45) is 0 Å². The third kappa shape index (κ3) is 3.87. The number of carbonyl (C=O) groups is 1. The van der Waals surface area contributed by atoms with E-state index >= 15 is 0 Å². The van der Waals surface area contributed by atoms with E-state index in [9.17, 15) is 4.79 Å². The minimum absolute atomic E-state index is 0.0687. The van der Waals surface area contributed by atoms with Crippen molar-refractivity contribution in [2.45, 2.75) is 18.4 Å². The quantitative estimate of drug-likeness (QED) is 0.332. The Hall–Kier alpha value is -3.98. The Bertz CT molecular complexity index is 1440. The van der Waals surface area contributed by atoms with E-state index in [2.05, 4.69) is 20.0 Å². The number of carbonyl (C=O) groups excluding carboxylic acids is 1. The summed E-state index contributed by atoms with van der Waals surface area (Å²) >= 11 is 1.53. The number of benzene rings is 1. The van der Waals surface area contributed by atoms with Gasteiger partial charge in [0, 0.05) is 29.7 Å². The summed E-state index contributed by atoms with van der Waals surface area (Å²) in [5, 5.41) is 6.13. The van der Waals surface area contributed by atoms with E-state index in [-0.39, 0.29) is 5.54 Å². The van der Waals surface area contributed by atoms with Gasteiger partial charge in [0.15, 0.2) is 4.96 Å². The number of hydrogen-bond donors (Lipinski definition) is 2. The van der Waals surface area contributed by atoms with E-state index in [0.717, 1.165) is 50.9 Å². The smallest absolute Gasteiger partial charge is 0.214 e. The van der Waals surface area contributed by atoms with Crippen LogP contribution in [0.1, 0.15) is 12.8 Å². The molecule has 9 heteroatoms. The highest BCUT2D eigenvalue weighted by Gasteiger charge is 2.44. The average Bonchev–Trinajstić information content (AvgIpc) is 3.34. The predicted molar refractivity (Wildman–Crippen MR) is 129 cm³/mol. The van der Waals surface area contributed by atoms with Crippen LogP contribution in [0.25, 0.3) is 26.6 Å². The summed E-state index contributed by atoms with van der Waals surface area (Å²) in [6.45, 7) is 0.545. The van der Waals surface area contributed by atoms with Gasteiger partial charge in [0.05, 0.1) is 16.7 Å². The van der Waals surface area contributed by atoms with Crippen LogP contribution in [-0.4, -0.2) is 37.9 Å². The minimum atomic E-state index is -0.0687. The van der Waals surface area contributed by atoms with E-state index in [0.29, 0.717) is 18.9 Å². The molecular formula is C24H20N6O2S. The molecule has 1 saturated carbocycles. The monoisotopic (exact) mass is 456 g/mol. The van der Waals surface area contributed by atoms with Crippen molar-refractivity contribution in [2.75, 3.05) is 17.2 Å². The van der Waals surface area contributed by atoms with E-state index < -0.39 is 0 Å². The number of thiazole rings is 1. The molecule has 0 radical (unpaired) electrons. The zero-order valence-electron chi connectivity index (χ0n) is 17.6. The molecule has 1 aliphatic carbocycles. The number of hydrogen-bond acceptors (Lipinski definition) is 7. The maximum absolute atomic E-state index is 10.6. The summed E-state index contributed by atoms with van der Waals surface area (Å²) in [5.41, 5.74) is 3.53. The van der Waals surface area contributed by atoms with Gasteiger partial charge < -0.3 is 15.4 Å². The predicted octanol–water partition coefficient (Wildman–Crippen LogP) is 4.60. The van der Waals surface area contributed by atoms with Crippen molar-refractivity contribution in [3.63, 3.8) is 0 Å². The second-order valence-electron chi connectivity index (χ2n) is 8.10. The minimum Gasteiger partial charge on any atom is -0.475 e. The molecule has 8 nitrogen and oxygen atoms in total. The van der Waals surface area contributed by atoms with Gasteiger partial charge >= 0.3 is 0 Å². The molecule has 164 valence electrons. The summed E-state index contributed by atoms with van der Waals surface area (Å²) in [6.07, 6.45) is 6.56. The number of nitrogens with zero attached hydrogens (tertiary/aromatic N) is 4. The number of amides is 1. The first-order chi connectivity index (χ1) is 16.2. The molecule has 0 saturated heterocycles. The molecule has 0 atom stereocenters. The maximum Gasteiger partial charge on any atom is 0.214 e. The molecule has 1 fully saturated rings. The highest BCUT2D eigenvalue weighted by atomic mass is 32.1. The summed E-state index contributed by atoms with van der Waals surface area (Å²) in [4.78, 5) is 26.2. The number of ether oxygens (including phenoxy) is 1. The van der Waals surface area contributed by atoms with Crippen LogP contribution in [0.3, 0.4) is 0 Å². The molecule has 4 aromatic heterocycles. The fraction of sp³-hybridized carbons (Fsp3) is 0.167. The summed E-state index contributed by atoms with van der Waals surface area (Å²) < 4.78 is 8.11. The second kappa shape index (κ2) is 7.86. The first-order valence-electron chi connectivity index (χ1n) is 10.6. The van der Waals surface area contributed by atoms with Crippen LogP contribution in [-0.2, 0) is 4.79 Å². The fourth-order valence-corrected chi connectivity index (χ4v) is 4.74. The standard InChI is InChI=1S/C24H20N6O2S/c31-15-26-17-6-4-16(5-7-17)18-13-30-19-8-9-21(28-22(19)33-23(30)27-18)32-14-24(10-11-24)29-20-3-1-2-12-25-20/h1-9,12-13,15H,10-11,14H2,(H,25,29)(H,26,31). The molecule has 33 heavy (non-hydrogen) atoms. The number of nitrogens with one attached hydrogen (secondary N) is 2. The lowest BCUT2D eigenvalue weighted by molar-refractivity contribution is -0.105. The van der Waals surface area contributed by atoms with E-state index in [1.54, 1.807) is 6.20 Å². The van der Waals surface area contributed by atoms with Crippen LogP contribution in [0.4, 0.5) is 11.5 Å². The number of fused-ring (bicyclic) bond motifs is 3. The highest BCUT2D eigenvalue weighted by Crippen LogP contribution is 2.39. The Morgan fingerprint density at radius 2 is 1.97 bits per heavy atom. The molecule has 5 aromatic rings. The van der Waals surface area contributed by atoms with Crippen molar-refractivity contribution in [3.8, 4) is 17.1 Å². The Kier molecular flexibility index (Phi) is 4.69. The van der Waals surface area contributed by atoms with E-state index in [1.165, 1.54) is 11.3 Å². The molecule has 1 aliphatic rings. The molecule has 2 N–H and O–H groups in total. The average molecular weight is 457 g/mol. The van der Waals surface area contributed by atoms with Gasteiger partial charge in [0.1, 0.15) is 17.3 Å². The Morgan fingerprint density at radius 3 is 2.73 bits per heavy atom. The lowest BCUT2D eigenvalue weighted by atomic mass is 10.1. The normalized spacial score (nSPS) is 14.3. The Labute approximate surface area is 193 Å². The van der Waals surface area contributed by atoms with Gasteiger partial charge in [-0.3, -0.25) is 9.20 Å². The molecule has 0 bridgehead atoms. The van der Waals surface area contributed by atoms with Crippen LogP contribution in [0.5, 0.6) is 5.88 Å². The number of anilines is 2. The lowest BCUT2D eigenvalue weighted by Gasteiger charge is -2.18. The Morgan fingerprint density at radius 1 is 1.09 bits per heavy atom. The molecule has 0 unspecified atom stereocenters.